The number of aryl methyl sites for hydroxylation is 2. The Balaban J connectivity index is 2.95. The lowest BCUT2D eigenvalue weighted by molar-refractivity contribution is 0.223. The SMILES string of the molecule is Cc1ccc(C)n1C(=N)/C=C(\NCCBr)C(C)O. The quantitative estimate of drug-likeness (QED) is 0.443. The molecule has 1 aromatic heterocycles. The second-order valence-corrected chi connectivity index (χ2v) is 5.02. The van der Waals surface area contributed by atoms with Crippen LogP contribution in [0.4, 0.5) is 0 Å². The van der Waals surface area contributed by atoms with E-state index < -0.39 is 6.10 Å². The molecule has 0 spiro atoms. The second-order valence-electron chi connectivity index (χ2n) is 4.23. The molecule has 0 saturated carbocycles. The van der Waals surface area contributed by atoms with Crippen LogP contribution in [0.3, 0.4) is 0 Å². The van der Waals surface area contributed by atoms with Gasteiger partial charge in [-0.3, -0.25) is 5.41 Å². The second kappa shape index (κ2) is 6.75. The van der Waals surface area contributed by atoms with Crippen LogP contribution in [0.5, 0.6) is 0 Å². The third-order valence-electron chi connectivity index (χ3n) is 2.68. The number of allylic oxidation sites excluding steroid dienone is 1. The normalized spacial score (nSPS) is 13.5. The smallest absolute Gasteiger partial charge is 0.131 e. The van der Waals surface area contributed by atoms with Gasteiger partial charge < -0.3 is 15.0 Å². The van der Waals surface area contributed by atoms with Crippen LogP contribution >= 0.6 is 15.9 Å². The topological polar surface area (TPSA) is 61.0 Å². The molecule has 0 aliphatic heterocycles. The first-order valence-corrected chi connectivity index (χ1v) is 7.03. The number of aromatic nitrogens is 1. The number of hydrogen-bond donors (Lipinski definition) is 3. The molecular weight excluding hydrogens is 294 g/mol. The molecule has 4 nitrogen and oxygen atoms in total. The molecule has 0 bridgehead atoms. The Morgan fingerprint density at radius 2 is 2.06 bits per heavy atom. The van der Waals surface area contributed by atoms with Crippen LogP contribution in [-0.2, 0) is 0 Å². The zero-order chi connectivity index (χ0) is 13.7. The van der Waals surface area contributed by atoms with Gasteiger partial charge in [-0.15, -0.1) is 0 Å². The van der Waals surface area contributed by atoms with Gasteiger partial charge in [0.1, 0.15) is 5.84 Å². The third-order valence-corrected chi connectivity index (χ3v) is 3.07. The van der Waals surface area contributed by atoms with Gasteiger partial charge >= 0.3 is 0 Å². The van der Waals surface area contributed by atoms with Crippen molar-refractivity contribution in [3.8, 4) is 0 Å². The summed E-state index contributed by atoms with van der Waals surface area (Å²) >= 11 is 3.32. The number of nitrogens with one attached hydrogen (secondary N) is 2. The number of halogens is 1. The van der Waals surface area contributed by atoms with Gasteiger partial charge in [0.25, 0.3) is 0 Å². The van der Waals surface area contributed by atoms with E-state index in [1.54, 1.807) is 13.0 Å². The predicted molar refractivity (Wildman–Crippen MR) is 78.6 cm³/mol. The summed E-state index contributed by atoms with van der Waals surface area (Å²) in [4.78, 5) is 0. The standard InChI is InChI=1S/C13H20BrN3O/c1-9-4-5-10(2)17(9)13(15)8-12(11(3)18)16-7-6-14/h4-5,8,11,15-16,18H,6-7H2,1-3H3/b12-8-,15-13?. The van der Waals surface area contributed by atoms with Crippen molar-refractivity contribution >= 4 is 21.8 Å². The van der Waals surface area contributed by atoms with Crippen LogP contribution in [0.25, 0.3) is 0 Å². The number of aliphatic hydroxyl groups is 1. The summed E-state index contributed by atoms with van der Waals surface area (Å²) in [6.45, 7) is 6.33. The van der Waals surface area contributed by atoms with E-state index in [0.29, 0.717) is 18.1 Å². The van der Waals surface area contributed by atoms with Gasteiger partial charge in [-0.1, -0.05) is 15.9 Å². The van der Waals surface area contributed by atoms with Gasteiger partial charge in [-0.2, -0.15) is 0 Å². The molecule has 1 unspecified atom stereocenters. The summed E-state index contributed by atoms with van der Waals surface area (Å²) in [6.07, 6.45) is 1.06. The number of aliphatic hydroxyl groups excluding tert-OH is 1. The first kappa shape index (κ1) is 15.0. The Bertz CT molecular complexity index is 430. The Morgan fingerprint density at radius 3 is 2.50 bits per heavy atom. The Kier molecular flexibility index (Phi) is 5.62. The molecule has 1 atom stereocenters. The van der Waals surface area contributed by atoms with Crippen molar-refractivity contribution in [1.82, 2.24) is 9.88 Å². The summed E-state index contributed by atoms with van der Waals surface area (Å²) in [7, 11) is 0. The van der Waals surface area contributed by atoms with Gasteiger partial charge in [0.15, 0.2) is 0 Å². The lowest BCUT2D eigenvalue weighted by Crippen LogP contribution is -2.26. The number of nitrogens with zero attached hydrogens (tertiary/aromatic N) is 1. The van der Waals surface area contributed by atoms with E-state index >= 15 is 0 Å². The highest BCUT2D eigenvalue weighted by atomic mass is 79.9. The average molecular weight is 314 g/mol. The lowest BCUT2D eigenvalue weighted by atomic mass is 10.2. The van der Waals surface area contributed by atoms with E-state index in [-0.39, 0.29) is 0 Å². The molecule has 3 N–H and O–H groups in total. The molecule has 18 heavy (non-hydrogen) atoms. The molecule has 0 aliphatic carbocycles. The molecule has 0 amide bonds. The Hall–Kier alpha value is -1.07. The average Bonchev–Trinajstić information content (AvgIpc) is 2.63. The van der Waals surface area contributed by atoms with Crippen LogP contribution in [-0.4, -0.2) is 33.5 Å². The van der Waals surface area contributed by atoms with Crippen molar-refractivity contribution in [2.24, 2.45) is 0 Å². The van der Waals surface area contributed by atoms with Gasteiger partial charge in [-0.05, 0) is 32.9 Å². The largest absolute Gasteiger partial charge is 0.387 e. The highest BCUT2D eigenvalue weighted by Gasteiger charge is 2.09. The van der Waals surface area contributed by atoms with Gasteiger partial charge in [0.2, 0.25) is 0 Å². The van der Waals surface area contributed by atoms with Crippen molar-refractivity contribution in [3.63, 3.8) is 0 Å². The zero-order valence-electron chi connectivity index (χ0n) is 11.0. The summed E-state index contributed by atoms with van der Waals surface area (Å²) in [5.41, 5.74) is 2.69. The number of rotatable bonds is 5. The Labute approximate surface area is 116 Å². The maximum absolute atomic E-state index is 9.67. The van der Waals surface area contributed by atoms with E-state index in [2.05, 4.69) is 21.2 Å². The first-order chi connectivity index (χ1) is 8.47. The van der Waals surface area contributed by atoms with Crippen LogP contribution in [0.2, 0.25) is 0 Å². The summed E-state index contributed by atoms with van der Waals surface area (Å²) in [5.74, 6) is 0.355. The maximum Gasteiger partial charge on any atom is 0.131 e. The Morgan fingerprint density at radius 1 is 1.50 bits per heavy atom. The predicted octanol–water partition coefficient (Wildman–Crippen LogP) is 2.18. The van der Waals surface area contributed by atoms with E-state index in [4.69, 9.17) is 5.41 Å². The fraction of sp³-hybridized carbons (Fsp3) is 0.462. The molecule has 5 heteroatoms. The van der Waals surface area contributed by atoms with Crippen molar-refractivity contribution in [3.05, 3.63) is 35.3 Å². The maximum atomic E-state index is 9.67. The van der Waals surface area contributed by atoms with E-state index in [9.17, 15) is 5.11 Å². The summed E-state index contributed by atoms with van der Waals surface area (Å²) in [6, 6.07) is 3.96. The van der Waals surface area contributed by atoms with Gasteiger partial charge in [0.05, 0.1) is 6.10 Å². The van der Waals surface area contributed by atoms with Crippen molar-refractivity contribution in [2.45, 2.75) is 26.9 Å². The molecule has 0 aliphatic rings. The monoisotopic (exact) mass is 313 g/mol. The van der Waals surface area contributed by atoms with Crippen molar-refractivity contribution in [1.29, 1.82) is 5.41 Å². The van der Waals surface area contributed by atoms with Crippen LogP contribution in [0, 0.1) is 19.3 Å². The van der Waals surface area contributed by atoms with E-state index in [0.717, 1.165) is 16.7 Å². The highest BCUT2D eigenvalue weighted by molar-refractivity contribution is 9.09. The van der Waals surface area contributed by atoms with Crippen molar-refractivity contribution in [2.75, 3.05) is 11.9 Å². The van der Waals surface area contributed by atoms with E-state index in [1.165, 1.54) is 0 Å². The van der Waals surface area contributed by atoms with Gasteiger partial charge in [-0.25, -0.2) is 0 Å². The minimum Gasteiger partial charge on any atom is -0.387 e. The molecule has 0 fully saturated rings. The number of alkyl halides is 1. The molecule has 100 valence electrons. The van der Waals surface area contributed by atoms with Gasteiger partial charge in [0, 0.05) is 35.0 Å². The van der Waals surface area contributed by atoms with Crippen LogP contribution in [0.15, 0.2) is 23.9 Å². The van der Waals surface area contributed by atoms with Crippen molar-refractivity contribution < 1.29 is 5.11 Å². The fourth-order valence-corrected chi connectivity index (χ4v) is 1.97. The minimum absolute atomic E-state index is 0.355. The lowest BCUT2D eigenvalue weighted by Gasteiger charge is -2.14. The molecule has 0 aromatic carbocycles. The highest BCUT2D eigenvalue weighted by Crippen LogP contribution is 2.08. The molecule has 1 aromatic rings. The molecule has 0 saturated heterocycles. The third kappa shape index (κ3) is 3.71. The fourth-order valence-electron chi connectivity index (χ4n) is 1.77. The number of hydrogen-bond acceptors (Lipinski definition) is 3. The molecule has 0 radical (unpaired) electrons. The van der Waals surface area contributed by atoms with E-state index in [1.807, 2.05) is 30.5 Å². The molecule has 1 heterocycles. The summed E-state index contributed by atoms with van der Waals surface area (Å²) in [5, 5.41) is 21.7. The van der Waals surface area contributed by atoms with Crippen LogP contribution < -0.4 is 5.32 Å². The summed E-state index contributed by atoms with van der Waals surface area (Å²) < 4.78 is 1.85. The first-order valence-electron chi connectivity index (χ1n) is 5.90. The minimum atomic E-state index is -0.611. The molecule has 1 rings (SSSR count). The zero-order valence-corrected chi connectivity index (χ0v) is 12.6. The molecular formula is C13H20BrN3O. The van der Waals surface area contributed by atoms with Crippen LogP contribution in [0.1, 0.15) is 18.3 Å².